The summed E-state index contributed by atoms with van der Waals surface area (Å²) >= 11 is 0. The highest BCUT2D eigenvalue weighted by Crippen LogP contribution is 2.61. The molecule has 0 spiro atoms. The van der Waals surface area contributed by atoms with Crippen molar-refractivity contribution in [3.8, 4) is 22.3 Å². The van der Waals surface area contributed by atoms with Crippen molar-refractivity contribution in [3.63, 3.8) is 0 Å². The third-order valence-corrected chi connectivity index (χ3v) is 15.7. The molecule has 2 atom stereocenters. The van der Waals surface area contributed by atoms with Crippen LogP contribution in [0.25, 0.3) is 22.3 Å². The van der Waals surface area contributed by atoms with Crippen LogP contribution in [-0.2, 0) is 32.5 Å². The lowest BCUT2D eigenvalue weighted by atomic mass is 9.71. The van der Waals surface area contributed by atoms with Gasteiger partial charge in [-0.1, -0.05) is 210 Å². The molecule has 0 N–H and O–H groups in total. The van der Waals surface area contributed by atoms with Gasteiger partial charge in [-0.25, -0.2) is 0 Å². The Balaban J connectivity index is 1.40. The average molecular weight is 820 g/mol. The van der Waals surface area contributed by atoms with Crippen molar-refractivity contribution in [1.29, 1.82) is 0 Å². The maximum Gasteiger partial charge on any atom is 0.0634 e. The standard InChI is InChI=1S/C61H73N/c1-55(2,3)36-23-26-43-46(29-36)60(15,16)49-31-38(57(7,8)9)33-51(53(43)49)62(40-25-28-42-41-21-19-20-22-45(41)59(13,14)48(42)35-40)52-34-39(58(10,11)12)32-50-54(52)44-27-24-37(56(4,5)6)30-47(44)61(50,17)18/h19-35,51,53H,1-18H3. The van der Waals surface area contributed by atoms with E-state index in [-0.39, 0.29) is 49.9 Å². The van der Waals surface area contributed by atoms with Crippen molar-refractivity contribution < 1.29 is 0 Å². The minimum atomic E-state index is -0.176. The van der Waals surface area contributed by atoms with E-state index >= 15 is 0 Å². The van der Waals surface area contributed by atoms with E-state index in [1.54, 1.807) is 0 Å². The van der Waals surface area contributed by atoms with Gasteiger partial charge in [-0.3, -0.25) is 0 Å². The maximum atomic E-state index is 2.84. The fraction of sp³-hybridized carbons (Fsp3) is 0.443. The SMILES string of the molecule is CC(C)(C)C1=CC(N(c2ccc3c(c2)C(C)(C)c2ccccc2-3)c2cc(C(C)(C)C)cc3c2-c2ccc(C(C)(C)C)cc2C3(C)C)C2C(=C1)C(C)(C)c1cc(C(C)(C)C)ccc12. The molecule has 62 heavy (non-hydrogen) atoms. The average Bonchev–Trinajstić information content (AvgIpc) is 3.65. The maximum absolute atomic E-state index is 2.84. The van der Waals surface area contributed by atoms with Gasteiger partial charge in [0.05, 0.1) is 11.7 Å². The fourth-order valence-corrected chi connectivity index (χ4v) is 11.6. The van der Waals surface area contributed by atoms with Crippen LogP contribution in [-0.4, -0.2) is 6.04 Å². The predicted molar refractivity (Wildman–Crippen MR) is 268 cm³/mol. The zero-order valence-electron chi connectivity index (χ0n) is 41.4. The normalized spacial score (nSPS) is 20.4. The van der Waals surface area contributed by atoms with Gasteiger partial charge in [-0.05, 0) is 118 Å². The Hall–Kier alpha value is -4.62. The van der Waals surface area contributed by atoms with Gasteiger partial charge in [0.1, 0.15) is 0 Å². The van der Waals surface area contributed by atoms with Crippen LogP contribution in [0.3, 0.4) is 0 Å². The molecule has 0 radical (unpaired) electrons. The van der Waals surface area contributed by atoms with Crippen molar-refractivity contribution >= 4 is 11.4 Å². The summed E-state index contributed by atoms with van der Waals surface area (Å²) in [7, 11) is 0. The molecule has 0 saturated heterocycles. The van der Waals surface area contributed by atoms with Crippen molar-refractivity contribution in [2.24, 2.45) is 5.41 Å². The summed E-state index contributed by atoms with van der Waals surface area (Å²) in [6.45, 7) is 43.3. The number of allylic oxidation sites excluding steroid dienone is 2. The third-order valence-electron chi connectivity index (χ3n) is 15.7. The van der Waals surface area contributed by atoms with Crippen LogP contribution >= 0.6 is 0 Å². The Bertz CT molecular complexity index is 2750. The number of nitrogens with zero attached hydrogens (tertiary/aromatic N) is 1. The molecule has 0 heterocycles. The second-order valence-electron chi connectivity index (χ2n) is 25.2. The molecule has 4 aliphatic rings. The van der Waals surface area contributed by atoms with Gasteiger partial charge in [0.2, 0.25) is 0 Å². The summed E-state index contributed by atoms with van der Waals surface area (Å²) < 4.78 is 0. The van der Waals surface area contributed by atoms with Gasteiger partial charge in [0, 0.05) is 33.4 Å². The van der Waals surface area contributed by atoms with E-state index in [0.717, 1.165) is 0 Å². The first-order chi connectivity index (χ1) is 28.5. The van der Waals surface area contributed by atoms with Gasteiger partial charge >= 0.3 is 0 Å². The largest absolute Gasteiger partial charge is 0.333 e. The highest BCUT2D eigenvalue weighted by Gasteiger charge is 2.50. The summed E-state index contributed by atoms with van der Waals surface area (Å²) in [5.41, 5.74) is 23.5. The Kier molecular flexibility index (Phi) is 9.10. The van der Waals surface area contributed by atoms with Crippen LogP contribution < -0.4 is 4.90 Å². The lowest BCUT2D eigenvalue weighted by molar-refractivity contribution is 0.492. The van der Waals surface area contributed by atoms with Crippen LogP contribution in [0.15, 0.2) is 114 Å². The molecular formula is C61H73N. The van der Waals surface area contributed by atoms with Crippen LogP contribution in [0, 0.1) is 5.41 Å². The Morgan fingerprint density at radius 3 is 1.61 bits per heavy atom. The first-order valence-corrected chi connectivity index (χ1v) is 23.5. The second kappa shape index (κ2) is 13.2. The molecular weight excluding hydrogens is 747 g/mol. The molecule has 0 aromatic heterocycles. The zero-order chi connectivity index (χ0) is 45.1. The van der Waals surface area contributed by atoms with E-state index in [4.69, 9.17) is 0 Å². The first kappa shape index (κ1) is 42.7. The number of benzene rings is 5. The molecule has 0 bridgehead atoms. The lowest BCUT2D eigenvalue weighted by Crippen LogP contribution is -2.39. The van der Waals surface area contributed by atoms with Crippen molar-refractivity contribution in [3.05, 3.63) is 164 Å². The van der Waals surface area contributed by atoms with Crippen LogP contribution in [0.4, 0.5) is 11.4 Å². The van der Waals surface area contributed by atoms with Gasteiger partial charge in [0.25, 0.3) is 0 Å². The topological polar surface area (TPSA) is 3.24 Å². The zero-order valence-corrected chi connectivity index (χ0v) is 41.4. The third kappa shape index (κ3) is 6.29. The monoisotopic (exact) mass is 820 g/mol. The quantitative estimate of drug-likeness (QED) is 0.175. The predicted octanol–water partition coefficient (Wildman–Crippen LogP) is 16.7. The van der Waals surface area contributed by atoms with Crippen molar-refractivity contribution in [1.82, 2.24) is 0 Å². The highest BCUT2D eigenvalue weighted by molar-refractivity contribution is 5.94. The molecule has 0 saturated carbocycles. The molecule has 322 valence electrons. The molecule has 0 aliphatic heterocycles. The summed E-state index contributed by atoms with van der Waals surface area (Å²) in [5.74, 6) is 0.171. The van der Waals surface area contributed by atoms with Gasteiger partial charge in [0.15, 0.2) is 0 Å². The van der Waals surface area contributed by atoms with E-state index in [9.17, 15) is 0 Å². The smallest absolute Gasteiger partial charge is 0.0634 e. The molecule has 0 amide bonds. The van der Waals surface area contributed by atoms with Crippen molar-refractivity contribution in [2.75, 3.05) is 4.90 Å². The van der Waals surface area contributed by atoms with E-state index in [0.29, 0.717) is 0 Å². The van der Waals surface area contributed by atoms with E-state index in [2.05, 4.69) is 233 Å². The highest BCUT2D eigenvalue weighted by atomic mass is 15.2. The molecule has 1 nitrogen and oxygen atoms in total. The number of fused-ring (bicyclic) bond motifs is 9. The summed E-state index contributed by atoms with van der Waals surface area (Å²) in [6, 6.07) is 36.7. The summed E-state index contributed by atoms with van der Waals surface area (Å²) in [4.78, 5) is 2.84. The molecule has 2 unspecified atom stereocenters. The van der Waals surface area contributed by atoms with Gasteiger partial charge < -0.3 is 4.90 Å². The number of hydrogen-bond donors (Lipinski definition) is 0. The minimum absolute atomic E-state index is 0.0236. The Morgan fingerprint density at radius 2 is 0.984 bits per heavy atom. The number of anilines is 2. The van der Waals surface area contributed by atoms with E-state index in [1.165, 1.54) is 94.8 Å². The molecule has 9 rings (SSSR count). The molecule has 5 aromatic rings. The Labute approximate surface area is 375 Å². The minimum Gasteiger partial charge on any atom is -0.333 e. The van der Waals surface area contributed by atoms with Crippen LogP contribution in [0.5, 0.6) is 0 Å². The number of rotatable bonds is 3. The summed E-state index contributed by atoms with van der Waals surface area (Å²) in [5, 5.41) is 0. The first-order valence-electron chi connectivity index (χ1n) is 23.5. The fourth-order valence-electron chi connectivity index (χ4n) is 11.6. The molecule has 4 aliphatic carbocycles. The van der Waals surface area contributed by atoms with E-state index in [1.807, 2.05) is 0 Å². The van der Waals surface area contributed by atoms with Crippen LogP contribution in [0.2, 0.25) is 0 Å². The molecule has 1 heteroatoms. The molecule has 5 aromatic carbocycles. The van der Waals surface area contributed by atoms with Gasteiger partial charge in [-0.2, -0.15) is 0 Å². The lowest BCUT2D eigenvalue weighted by Gasteiger charge is -2.43. The van der Waals surface area contributed by atoms with Gasteiger partial charge in [-0.15, -0.1) is 0 Å². The second-order valence-corrected chi connectivity index (χ2v) is 25.2. The van der Waals surface area contributed by atoms with Crippen molar-refractivity contribution in [2.45, 2.75) is 169 Å². The Morgan fingerprint density at radius 1 is 0.452 bits per heavy atom. The molecule has 0 fully saturated rings. The van der Waals surface area contributed by atoms with E-state index < -0.39 is 0 Å². The summed E-state index contributed by atoms with van der Waals surface area (Å²) in [6.07, 6.45) is 5.30. The number of hydrogen-bond acceptors (Lipinski definition) is 1. The van der Waals surface area contributed by atoms with Crippen LogP contribution in [0.1, 0.15) is 181 Å².